The van der Waals surface area contributed by atoms with E-state index in [2.05, 4.69) is 0 Å². The van der Waals surface area contributed by atoms with Crippen LogP contribution in [0, 0.1) is 0 Å². The fraction of sp³-hybridized carbons (Fsp3) is 0.467. The molecule has 104 valence electrons. The van der Waals surface area contributed by atoms with E-state index in [0.29, 0.717) is 19.4 Å². The minimum absolute atomic E-state index is 0.257. The zero-order valence-corrected chi connectivity index (χ0v) is 11.4. The molecule has 0 saturated heterocycles. The number of carbonyl (C=O) groups excluding carboxylic acids is 2. The van der Waals surface area contributed by atoms with E-state index in [0.717, 1.165) is 5.56 Å². The number of ether oxygens (including phenoxy) is 2. The lowest BCUT2D eigenvalue weighted by atomic mass is 10.0. The van der Waals surface area contributed by atoms with Crippen molar-refractivity contribution in [2.75, 3.05) is 6.61 Å². The molecule has 0 aromatic heterocycles. The van der Waals surface area contributed by atoms with Gasteiger partial charge in [0, 0.05) is 19.8 Å². The number of esters is 2. The summed E-state index contributed by atoms with van der Waals surface area (Å²) in [6.45, 7) is 3.52. The third kappa shape index (κ3) is 6.60. The van der Waals surface area contributed by atoms with Gasteiger partial charge in [-0.2, -0.15) is 0 Å². The van der Waals surface area contributed by atoms with Crippen LogP contribution in [-0.4, -0.2) is 24.6 Å². The van der Waals surface area contributed by atoms with E-state index >= 15 is 0 Å². The average Bonchev–Trinajstić information content (AvgIpc) is 2.37. The van der Waals surface area contributed by atoms with Gasteiger partial charge in [0.1, 0.15) is 6.10 Å². The Morgan fingerprint density at radius 1 is 1.21 bits per heavy atom. The van der Waals surface area contributed by atoms with Crippen LogP contribution in [0.3, 0.4) is 0 Å². The first-order chi connectivity index (χ1) is 9.11. The van der Waals surface area contributed by atoms with Crippen molar-refractivity contribution >= 4 is 11.9 Å². The molecule has 0 spiro atoms. The van der Waals surface area contributed by atoms with E-state index in [9.17, 15) is 9.59 Å². The molecule has 0 radical (unpaired) electrons. The largest absolute Gasteiger partial charge is 0.466 e. The van der Waals surface area contributed by atoms with Gasteiger partial charge in [-0.1, -0.05) is 30.3 Å². The minimum Gasteiger partial charge on any atom is -0.466 e. The van der Waals surface area contributed by atoms with Crippen LogP contribution in [0.25, 0.3) is 0 Å². The molecule has 0 N–H and O–H groups in total. The maximum atomic E-state index is 11.3. The Morgan fingerprint density at radius 2 is 1.89 bits per heavy atom. The Kier molecular flexibility index (Phi) is 6.64. The second-order valence-electron chi connectivity index (χ2n) is 4.26. The number of benzene rings is 1. The summed E-state index contributed by atoms with van der Waals surface area (Å²) in [5.74, 6) is -0.586. The van der Waals surface area contributed by atoms with E-state index in [-0.39, 0.29) is 24.5 Å². The van der Waals surface area contributed by atoms with Gasteiger partial charge in [0.15, 0.2) is 0 Å². The zero-order chi connectivity index (χ0) is 14.1. The molecule has 0 aliphatic carbocycles. The monoisotopic (exact) mass is 264 g/mol. The molecule has 0 unspecified atom stereocenters. The van der Waals surface area contributed by atoms with Crippen LogP contribution in [0.1, 0.15) is 32.3 Å². The van der Waals surface area contributed by atoms with Crippen molar-refractivity contribution in [1.82, 2.24) is 0 Å². The van der Waals surface area contributed by atoms with Crippen molar-refractivity contribution in [3.63, 3.8) is 0 Å². The highest BCUT2D eigenvalue weighted by atomic mass is 16.5. The molecular weight excluding hydrogens is 244 g/mol. The highest BCUT2D eigenvalue weighted by Gasteiger charge is 2.15. The zero-order valence-electron chi connectivity index (χ0n) is 11.4. The molecule has 0 aliphatic heterocycles. The van der Waals surface area contributed by atoms with Gasteiger partial charge in [0.2, 0.25) is 0 Å². The van der Waals surface area contributed by atoms with Crippen LogP contribution >= 0.6 is 0 Å². The Morgan fingerprint density at radius 3 is 2.47 bits per heavy atom. The Hall–Kier alpha value is -1.84. The molecule has 4 nitrogen and oxygen atoms in total. The molecule has 0 saturated carbocycles. The number of hydrogen-bond acceptors (Lipinski definition) is 4. The topological polar surface area (TPSA) is 52.6 Å². The van der Waals surface area contributed by atoms with E-state index < -0.39 is 0 Å². The minimum atomic E-state index is -0.329. The predicted molar refractivity (Wildman–Crippen MR) is 71.6 cm³/mol. The summed E-state index contributed by atoms with van der Waals surface area (Å²) in [4.78, 5) is 22.4. The van der Waals surface area contributed by atoms with Gasteiger partial charge in [-0.25, -0.2) is 0 Å². The van der Waals surface area contributed by atoms with Crippen molar-refractivity contribution in [2.45, 2.75) is 39.2 Å². The third-order valence-corrected chi connectivity index (χ3v) is 2.61. The van der Waals surface area contributed by atoms with E-state index in [1.807, 2.05) is 30.3 Å². The molecule has 0 fully saturated rings. The summed E-state index contributed by atoms with van der Waals surface area (Å²) in [7, 11) is 0. The van der Waals surface area contributed by atoms with Crippen LogP contribution in [0.2, 0.25) is 0 Å². The van der Waals surface area contributed by atoms with Gasteiger partial charge in [-0.15, -0.1) is 0 Å². The average molecular weight is 264 g/mol. The van der Waals surface area contributed by atoms with Crippen molar-refractivity contribution in [1.29, 1.82) is 0 Å². The lowest BCUT2D eigenvalue weighted by Gasteiger charge is -2.16. The molecular formula is C15H20O4. The second-order valence-corrected chi connectivity index (χ2v) is 4.26. The number of carbonyl (C=O) groups is 2. The molecule has 4 heteroatoms. The first-order valence-electron chi connectivity index (χ1n) is 6.48. The van der Waals surface area contributed by atoms with Gasteiger partial charge in [0.05, 0.1) is 6.61 Å². The molecule has 1 aromatic rings. The van der Waals surface area contributed by atoms with Crippen molar-refractivity contribution in [3.05, 3.63) is 35.9 Å². The van der Waals surface area contributed by atoms with Crippen molar-refractivity contribution < 1.29 is 19.1 Å². The van der Waals surface area contributed by atoms with Crippen LogP contribution in [-0.2, 0) is 25.5 Å². The fourth-order valence-electron chi connectivity index (χ4n) is 1.83. The van der Waals surface area contributed by atoms with Crippen LogP contribution < -0.4 is 0 Å². The lowest BCUT2D eigenvalue weighted by molar-refractivity contribution is -0.150. The summed E-state index contributed by atoms with van der Waals surface area (Å²) < 4.78 is 10.1. The first-order valence-corrected chi connectivity index (χ1v) is 6.48. The highest BCUT2D eigenvalue weighted by molar-refractivity contribution is 5.69. The maximum Gasteiger partial charge on any atom is 0.305 e. The maximum absolute atomic E-state index is 11.3. The number of rotatable bonds is 7. The molecule has 0 heterocycles. The summed E-state index contributed by atoms with van der Waals surface area (Å²) in [5, 5.41) is 0. The Bertz CT molecular complexity index is 400. The van der Waals surface area contributed by atoms with Crippen molar-refractivity contribution in [3.8, 4) is 0 Å². The first kappa shape index (κ1) is 15.2. The van der Waals surface area contributed by atoms with Gasteiger partial charge >= 0.3 is 11.9 Å². The van der Waals surface area contributed by atoms with Crippen LogP contribution in [0.4, 0.5) is 0 Å². The second kappa shape index (κ2) is 8.29. The quantitative estimate of drug-likeness (QED) is 0.710. The SMILES string of the molecule is CCOC(=O)CC[C@H](Cc1ccccc1)OC(C)=O. The van der Waals surface area contributed by atoms with E-state index in [1.54, 1.807) is 6.92 Å². The predicted octanol–water partition coefficient (Wildman–Crippen LogP) is 2.50. The standard InChI is InChI=1S/C15H20O4/c1-3-18-15(17)10-9-14(19-12(2)16)11-13-7-5-4-6-8-13/h4-8,14H,3,9-11H2,1-2H3/t14-/m1/s1. The molecule has 1 rings (SSSR count). The Labute approximate surface area is 113 Å². The smallest absolute Gasteiger partial charge is 0.305 e. The van der Waals surface area contributed by atoms with Crippen molar-refractivity contribution in [2.24, 2.45) is 0 Å². The summed E-state index contributed by atoms with van der Waals surface area (Å²) >= 11 is 0. The van der Waals surface area contributed by atoms with E-state index in [4.69, 9.17) is 9.47 Å². The van der Waals surface area contributed by atoms with E-state index in [1.165, 1.54) is 6.92 Å². The molecule has 19 heavy (non-hydrogen) atoms. The Balaban J connectivity index is 2.52. The summed E-state index contributed by atoms with van der Waals surface area (Å²) in [6.07, 6.45) is 1.07. The van der Waals surface area contributed by atoms with Gasteiger partial charge in [0.25, 0.3) is 0 Å². The summed E-state index contributed by atoms with van der Waals surface area (Å²) in [5.41, 5.74) is 1.08. The molecule has 0 amide bonds. The molecule has 1 atom stereocenters. The summed E-state index contributed by atoms with van der Waals surface area (Å²) in [6, 6.07) is 9.75. The van der Waals surface area contributed by atoms with Crippen LogP contribution in [0.5, 0.6) is 0 Å². The highest BCUT2D eigenvalue weighted by Crippen LogP contribution is 2.12. The van der Waals surface area contributed by atoms with Gasteiger partial charge in [-0.3, -0.25) is 9.59 Å². The van der Waals surface area contributed by atoms with Crippen LogP contribution in [0.15, 0.2) is 30.3 Å². The lowest BCUT2D eigenvalue weighted by Crippen LogP contribution is -2.21. The molecule has 0 aliphatic rings. The fourth-order valence-corrected chi connectivity index (χ4v) is 1.83. The molecule has 1 aromatic carbocycles. The normalized spacial score (nSPS) is 11.7. The molecule has 0 bridgehead atoms. The van der Waals surface area contributed by atoms with Gasteiger partial charge in [-0.05, 0) is 18.9 Å². The third-order valence-electron chi connectivity index (χ3n) is 2.61. The number of hydrogen-bond donors (Lipinski definition) is 0. The van der Waals surface area contributed by atoms with Gasteiger partial charge < -0.3 is 9.47 Å².